The standard InChI is InChI=1S/C12H9ClFNO3/c1-2-18-12-9(10(16)11(12)17)15-7-5-3-4-6(14)8(7)13/h3-5,15H,2H2,1H3. The number of nitrogens with one attached hydrogen (secondary N) is 1. The molecule has 2 aromatic carbocycles. The van der Waals surface area contributed by atoms with Crippen molar-refractivity contribution in [2.45, 2.75) is 6.92 Å². The van der Waals surface area contributed by atoms with Crippen LogP contribution in [0.25, 0.3) is 0 Å². The largest absolute Gasteiger partial charge is 0.488 e. The summed E-state index contributed by atoms with van der Waals surface area (Å²) in [5.74, 6) is -0.652. The molecule has 0 aliphatic heterocycles. The summed E-state index contributed by atoms with van der Waals surface area (Å²) in [5, 5.41) is 2.47. The highest BCUT2D eigenvalue weighted by molar-refractivity contribution is 6.33. The lowest BCUT2D eigenvalue weighted by molar-refractivity contribution is 0.335. The van der Waals surface area contributed by atoms with E-state index in [0.29, 0.717) is 0 Å². The number of halogens is 2. The molecule has 0 fully saturated rings. The number of hydrogen-bond donors (Lipinski definition) is 1. The third-order valence-corrected chi connectivity index (χ3v) is 2.75. The van der Waals surface area contributed by atoms with Gasteiger partial charge in [0, 0.05) is 0 Å². The van der Waals surface area contributed by atoms with Crippen molar-refractivity contribution in [1.82, 2.24) is 0 Å². The Labute approximate surface area is 107 Å². The molecule has 0 aromatic heterocycles. The highest BCUT2D eigenvalue weighted by atomic mass is 35.5. The first-order valence-electron chi connectivity index (χ1n) is 5.23. The normalized spacial score (nSPS) is 10.6. The summed E-state index contributed by atoms with van der Waals surface area (Å²) >= 11 is 5.73. The third-order valence-electron chi connectivity index (χ3n) is 2.37. The Hall–Kier alpha value is -1.88. The van der Waals surface area contributed by atoms with Gasteiger partial charge in [-0.05, 0) is 19.1 Å². The van der Waals surface area contributed by atoms with Gasteiger partial charge in [-0.3, -0.25) is 9.59 Å². The Morgan fingerprint density at radius 3 is 2.72 bits per heavy atom. The van der Waals surface area contributed by atoms with E-state index < -0.39 is 16.7 Å². The molecule has 0 aliphatic rings. The first-order chi connectivity index (χ1) is 8.56. The topological polar surface area (TPSA) is 55.4 Å². The van der Waals surface area contributed by atoms with Crippen LogP contribution in [-0.4, -0.2) is 6.61 Å². The van der Waals surface area contributed by atoms with Gasteiger partial charge in [-0.25, -0.2) is 4.39 Å². The molecule has 0 saturated carbocycles. The van der Waals surface area contributed by atoms with Crippen LogP contribution in [0.15, 0.2) is 27.8 Å². The van der Waals surface area contributed by atoms with Crippen LogP contribution in [0.2, 0.25) is 5.02 Å². The van der Waals surface area contributed by atoms with Crippen LogP contribution in [0.1, 0.15) is 6.92 Å². The van der Waals surface area contributed by atoms with Crippen molar-refractivity contribution < 1.29 is 9.13 Å². The average Bonchev–Trinajstić information content (AvgIpc) is 2.38. The van der Waals surface area contributed by atoms with Crippen LogP contribution < -0.4 is 20.9 Å². The molecule has 0 spiro atoms. The smallest absolute Gasteiger partial charge is 0.272 e. The molecule has 6 heteroatoms. The van der Waals surface area contributed by atoms with Gasteiger partial charge in [-0.1, -0.05) is 17.7 Å². The van der Waals surface area contributed by atoms with Gasteiger partial charge < -0.3 is 10.1 Å². The maximum Gasteiger partial charge on any atom is 0.272 e. The Kier molecular flexibility index (Phi) is 3.34. The van der Waals surface area contributed by atoms with Gasteiger partial charge in [0.2, 0.25) is 0 Å². The molecule has 0 radical (unpaired) electrons. The minimum atomic E-state index is -0.696. The number of hydrogen-bond acceptors (Lipinski definition) is 4. The summed E-state index contributed by atoms with van der Waals surface area (Å²) in [4.78, 5) is 22.6. The molecule has 0 atom stereocenters. The number of rotatable bonds is 4. The minimum Gasteiger partial charge on any atom is -0.488 e. The van der Waals surface area contributed by atoms with Crippen molar-refractivity contribution in [1.29, 1.82) is 0 Å². The summed E-state index contributed by atoms with van der Waals surface area (Å²) in [6, 6.07) is 4.13. The third kappa shape index (κ3) is 1.97. The lowest BCUT2D eigenvalue weighted by Gasteiger charge is -2.14. The van der Waals surface area contributed by atoms with Gasteiger partial charge in [0.05, 0.1) is 17.3 Å². The molecular weight excluding hydrogens is 261 g/mol. The molecule has 0 amide bonds. The highest BCUT2D eigenvalue weighted by Crippen LogP contribution is 2.29. The molecule has 0 saturated heterocycles. The zero-order valence-electron chi connectivity index (χ0n) is 9.42. The van der Waals surface area contributed by atoms with Gasteiger partial charge in [0.1, 0.15) is 11.5 Å². The van der Waals surface area contributed by atoms with Gasteiger partial charge in [0.25, 0.3) is 10.9 Å². The fourth-order valence-corrected chi connectivity index (χ4v) is 1.67. The van der Waals surface area contributed by atoms with Crippen LogP contribution in [-0.2, 0) is 0 Å². The Morgan fingerprint density at radius 2 is 2.06 bits per heavy atom. The van der Waals surface area contributed by atoms with E-state index in [0.717, 1.165) is 0 Å². The number of anilines is 2. The van der Waals surface area contributed by atoms with E-state index in [9.17, 15) is 14.0 Å². The monoisotopic (exact) mass is 269 g/mol. The average molecular weight is 270 g/mol. The second-order valence-electron chi connectivity index (χ2n) is 3.52. The van der Waals surface area contributed by atoms with Crippen molar-refractivity contribution in [2.75, 3.05) is 11.9 Å². The van der Waals surface area contributed by atoms with Crippen LogP contribution in [0.4, 0.5) is 15.8 Å². The lowest BCUT2D eigenvalue weighted by Crippen LogP contribution is -2.35. The maximum absolute atomic E-state index is 13.2. The molecule has 2 rings (SSSR count). The SMILES string of the molecule is CCOc1c(Nc2cccc(F)c2Cl)c(=O)c1=O. The van der Waals surface area contributed by atoms with E-state index in [1.807, 2.05) is 0 Å². The Balaban J connectivity index is 2.35. The minimum absolute atomic E-state index is 0.00866. The number of ether oxygens (including phenoxy) is 1. The van der Waals surface area contributed by atoms with E-state index >= 15 is 0 Å². The van der Waals surface area contributed by atoms with Crippen LogP contribution in [0.5, 0.6) is 5.75 Å². The molecule has 94 valence electrons. The highest BCUT2D eigenvalue weighted by Gasteiger charge is 2.23. The van der Waals surface area contributed by atoms with E-state index in [4.69, 9.17) is 16.3 Å². The summed E-state index contributed by atoms with van der Waals surface area (Å²) < 4.78 is 18.2. The molecule has 4 nitrogen and oxygen atoms in total. The predicted molar refractivity (Wildman–Crippen MR) is 67.2 cm³/mol. The molecular formula is C12H9ClFNO3. The van der Waals surface area contributed by atoms with Gasteiger partial charge in [0.15, 0.2) is 5.75 Å². The van der Waals surface area contributed by atoms with Crippen LogP contribution >= 0.6 is 11.6 Å². The molecule has 0 heterocycles. The second-order valence-corrected chi connectivity index (χ2v) is 3.90. The maximum atomic E-state index is 13.2. The van der Waals surface area contributed by atoms with Gasteiger partial charge in [-0.2, -0.15) is 0 Å². The van der Waals surface area contributed by atoms with Crippen LogP contribution in [0, 0.1) is 5.82 Å². The fraction of sp³-hybridized carbons (Fsp3) is 0.167. The number of benzene rings is 1. The van der Waals surface area contributed by atoms with Gasteiger partial charge >= 0.3 is 0 Å². The Morgan fingerprint density at radius 1 is 1.33 bits per heavy atom. The van der Waals surface area contributed by atoms with E-state index in [-0.39, 0.29) is 28.8 Å². The molecule has 0 aliphatic carbocycles. The van der Waals surface area contributed by atoms with Crippen molar-refractivity contribution in [3.8, 4) is 5.75 Å². The zero-order chi connectivity index (χ0) is 13.3. The first kappa shape index (κ1) is 12.6. The van der Waals surface area contributed by atoms with Crippen molar-refractivity contribution >= 4 is 23.0 Å². The summed E-state index contributed by atoms with van der Waals surface area (Å²) in [6.07, 6.45) is 0. The van der Waals surface area contributed by atoms with Gasteiger partial charge in [-0.15, -0.1) is 0 Å². The molecule has 0 unspecified atom stereocenters. The Bertz CT molecular complexity index is 662. The summed E-state index contributed by atoms with van der Waals surface area (Å²) in [5.41, 5.74) is -1.16. The fourth-order valence-electron chi connectivity index (χ4n) is 1.50. The van der Waals surface area contributed by atoms with Crippen LogP contribution in [0.3, 0.4) is 0 Å². The van der Waals surface area contributed by atoms with Crippen molar-refractivity contribution in [3.63, 3.8) is 0 Å². The zero-order valence-corrected chi connectivity index (χ0v) is 10.2. The molecule has 1 N–H and O–H groups in total. The molecule has 18 heavy (non-hydrogen) atoms. The summed E-state index contributed by atoms with van der Waals surface area (Å²) in [7, 11) is 0. The molecule has 2 aromatic rings. The van der Waals surface area contributed by atoms with Crippen molar-refractivity contribution in [3.05, 3.63) is 49.5 Å². The van der Waals surface area contributed by atoms with Crippen molar-refractivity contribution in [2.24, 2.45) is 0 Å². The van der Waals surface area contributed by atoms with E-state index in [1.165, 1.54) is 18.2 Å². The van der Waals surface area contributed by atoms with E-state index in [1.54, 1.807) is 6.92 Å². The lowest BCUT2D eigenvalue weighted by atomic mass is 10.2. The van der Waals surface area contributed by atoms with E-state index in [2.05, 4.69) is 5.32 Å². The molecule has 0 bridgehead atoms. The summed E-state index contributed by atoms with van der Waals surface area (Å²) in [6.45, 7) is 1.95. The second kappa shape index (κ2) is 4.78. The predicted octanol–water partition coefficient (Wildman–Crippen LogP) is 2.22. The first-order valence-corrected chi connectivity index (χ1v) is 5.61. The quantitative estimate of drug-likeness (QED) is 0.865.